The van der Waals surface area contributed by atoms with Crippen molar-refractivity contribution in [1.29, 1.82) is 0 Å². The third kappa shape index (κ3) is 3.06. The predicted molar refractivity (Wildman–Crippen MR) is 74.2 cm³/mol. The van der Waals surface area contributed by atoms with Crippen LogP contribution in [0.5, 0.6) is 0 Å². The van der Waals surface area contributed by atoms with Crippen molar-refractivity contribution in [2.75, 3.05) is 23.8 Å². The first-order chi connectivity index (χ1) is 10.5. The minimum Gasteiger partial charge on any atom is -0.394 e. The van der Waals surface area contributed by atoms with Crippen molar-refractivity contribution in [1.82, 2.24) is 9.97 Å². The van der Waals surface area contributed by atoms with Crippen LogP contribution in [0.1, 0.15) is 6.92 Å². The molecule has 11 nitrogen and oxygen atoms in total. The fraction of sp³-hybridized carbons (Fsp3) is 0.636. The standard InChI is InChI=1S/C11H17N5O6/c1-2-12-9-6(16(20)21)10(14-4-13-9)15-11-8(19)7(18)5(3-17)22-11/h4-5,7-8,11,17-19H,2-3H2,1H3,(H2,12,13,14,15)/t5-,7-,8-,11-/m1/s1. The summed E-state index contributed by atoms with van der Waals surface area (Å²) in [5.74, 6) is -0.137. The molecule has 1 saturated heterocycles. The van der Waals surface area contributed by atoms with Crippen molar-refractivity contribution in [2.24, 2.45) is 0 Å². The molecule has 5 N–H and O–H groups in total. The van der Waals surface area contributed by atoms with E-state index in [1.165, 1.54) is 0 Å². The maximum atomic E-state index is 11.2. The topological polar surface area (TPSA) is 163 Å². The molecule has 0 aromatic carbocycles. The maximum Gasteiger partial charge on any atom is 0.353 e. The lowest BCUT2D eigenvalue weighted by molar-refractivity contribution is -0.383. The molecule has 0 radical (unpaired) electrons. The third-order valence-electron chi connectivity index (χ3n) is 3.17. The van der Waals surface area contributed by atoms with Gasteiger partial charge in [-0.1, -0.05) is 0 Å². The van der Waals surface area contributed by atoms with Crippen LogP contribution in [0.3, 0.4) is 0 Å². The van der Waals surface area contributed by atoms with Gasteiger partial charge in [-0.05, 0) is 6.92 Å². The van der Waals surface area contributed by atoms with E-state index in [1.54, 1.807) is 6.92 Å². The van der Waals surface area contributed by atoms with E-state index in [1.807, 2.05) is 0 Å². The van der Waals surface area contributed by atoms with Gasteiger partial charge in [-0.3, -0.25) is 10.1 Å². The number of anilines is 2. The van der Waals surface area contributed by atoms with E-state index in [4.69, 9.17) is 9.84 Å². The smallest absolute Gasteiger partial charge is 0.353 e. The first kappa shape index (κ1) is 16.3. The molecule has 0 unspecified atom stereocenters. The zero-order valence-corrected chi connectivity index (χ0v) is 11.7. The SMILES string of the molecule is CCNc1ncnc(N[C@@H]2O[C@H](CO)[C@@H](O)[C@H]2O)c1[N+](=O)[O-]. The second-order valence-electron chi connectivity index (χ2n) is 4.61. The van der Waals surface area contributed by atoms with E-state index in [0.717, 1.165) is 6.33 Å². The number of ether oxygens (including phenoxy) is 1. The molecule has 4 atom stereocenters. The van der Waals surface area contributed by atoms with Crippen LogP contribution in [0.4, 0.5) is 17.3 Å². The van der Waals surface area contributed by atoms with Crippen molar-refractivity contribution >= 4 is 17.3 Å². The Morgan fingerprint density at radius 2 is 2.05 bits per heavy atom. The van der Waals surface area contributed by atoms with E-state index >= 15 is 0 Å². The highest BCUT2D eigenvalue weighted by molar-refractivity contribution is 5.69. The number of aromatic nitrogens is 2. The van der Waals surface area contributed by atoms with Gasteiger partial charge in [0.2, 0.25) is 11.6 Å². The average Bonchev–Trinajstić information content (AvgIpc) is 2.75. The van der Waals surface area contributed by atoms with Crippen LogP contribution >= 0.6 is 0 Å². The molecule has 0 aliphatic carbocycles. The van der Waals surface area contributed by atoms with Gasteiger partial charge in [-0.15, -0.1) is 0 Å². The number of hydrogen-bond acceptors (Lipinski definition) is 10. The van der Waals surface area contributed by atoms with Gasteiger partial charge in [0.1, 0.15) is 24.6 Å². The highest BCUT2D eigenvalue weighted by atomic mass is 16.6. The lowest BCUT2D eigenvalue weighted by Crippen LogP contribution is -2.36. The highest BCUT2D eigenvalue weighted by Crippen LogP contribution is 2.31. The van der Waals surface area contributed by atoms with E-state index < -0.39 is 41.8 Å². The molecule has 1 aliphatic rings. The molecule has 0 saturated carbocycles. The van der Waals surface area contributed by atoms with E-state index in [0.29, 0.717) is 6.54 Å². The number of hydrogen-bond donors (Lipinski definition) is 5. The Bertz CT molecular complexity index is 544. The molecule has 1 aromatic rings. The minimum atomic E-state index is -1.37. The Hall–Kier alpha value is -2.08. The molecule has 22 heavy (non-hydrogen) atoms. The number of aliphatic hydroxyl groups excluding tert-OH is 3. The van der Waals surface area contributed by atoms with Crippen molar-refractivity contribution in [3.8, 4) is 0 Å². The van der Waals surface area contributed by atoms with Crippen molar-refractivity contribution in [3.63, 3.8) is 0 Å². The molecule has 11 heteroatoms. The Labute approximate surface area is 125 Å². The van der Waals surface area contributed by atoms with Crippen LogP contribution < -0.4 is 10.6 Å². The monoisotopic (exact) mass is 315 g/mol. The van der Waals surface area contributed by atoms with Crippen LogP contribution in [0.15, 0.2) is 6.33 Å². The molecule has 122 valence electrons. The minimum absolute atomic E-state index is 0.0248. The van der Waals surface area contributed by atoms with Crippen LogP contribution in [-0.4, -0.2) is 67.9 Å². The largest absolute Gasteiger partial charge is 0.394 e. The van der Waals surface area contributed by atoms with Crippen LogP contribution in [0.2, 0.25) is 0 Å². The number of nitrogens with one attached hydrogen (secondary N) is 2. The van der Waals surface area contributed by atoms with E-state index in [-0.39, 0.29) is 11.6 Å². The third-order valence-corrected chi connectivity index (χ3v) is 3.17. The summed E-state index contributed by atoms with van der Waals surface area (Å²) in [4.78, 5) is 18.1. The fourth-order valence-electron chi connectivity index (χ4n) is 2.11. The van der Waals surface area contributed by atoms with Crippen molar-refractivity contribution in [3.05, 3.63) is 16.4 Å². The average molecular weight is 315 g/mol. The van der Waals surface area contributed by atoms with Gasteiger partial charge < -0.3 is 30.7 Å². The van der Waals surface area contributed by atoms with E-state index in [9.17, 15) is 20.3 Å². The summed E-state index contributed by atoms with van der Waals surface area (Å²) in [6.45, 7) is 1.68. The molecule has 2 rings (SSSR count). The second-order valence-corrected chi connectivity index (χ2v) is 4.61. The molecule has 1 fully saturated rings. The molecule has 0 amide bonds. The predicted octanol–water partition coefficient (Wildman–Crippen LogP) is -1.33. The Balaban J connectivity index is 2.26. The molecule has 1 aliphatic heterocycles. The molecular formula is C11H17N5O6. The lowest BCUT2D eigenvalue weighted by atomic mass is 10.1. The summed E-state index contributed by atoms with van der Waals surface area (Å²) in [5.41, 5.74) is -0.401. The van der Waals surface area contributed by atoms with E-state index in [2.05, 4.69) is 20.6 Å². The van der Waals surface area contributed by atoms with Gasteiger partial charge in [-0.2, -0.15) is 0 Å². The van der Waals surface area contributed by atoms with Gasteiger partial charge in [0.05, 0.1) is 11.5 Å². The Morgan fingerprint density at radius 3 is 2.59 bits per heavy atom. The quantitative estimate of drug-likeness (QED) is 0.314. The molecule has 0 bridgehead atoms. The zero-order chi connectivity index (χ0) is 16.3. The fourth-order valence-corrected chi connectivity index (χ4v) is 2.11. The second kappa shape index (κ2) is 6.79. The number of nitrogens with zero attached hydrogens (tertiary/aromatic N) is 3. The lowest BCUT2D eigenvalue weighted by Gasteiger charge is -2.17. The summed E-state index contributed by atoms with van der Waals surface area (Å²) in [5, 5.41) is 45.0. The zero-order valence-electron chi connectivity index (χ0n) is 11.7. The normalized spacial score (nSPS) is 27.6. The maximum absolute atomic E-state index is 11.2. The first-order valence-corrected chi connectivity index (χ1v) is 6.61. The van der Waals surface area contributed by atoms with Gasteiger partial charge in [0, 0.05) is 6.54 Å². The molecule has 0 spiro atoms. The van der Waals surface area contributed by atoms with Gasteiger partial charge >= 0.3 is 5.69 Å². The number of aliphatic hydroxyl groups is 3. The molecular weight excluding hydrogens is 298 g/mol. The first-order valence-electron chi connectivity index (χ1n) is 6.61. The van der Waals surface area contributed by atoms with Gasteiger partial charge in [0.25, 0.3) is 0 Å². The van der Waals surface area contributed by atoms with Crippen molar-refractivity contribution < 1.29 is 25.0 Å². The summed E-state index contributed by atoms with van der Waals surface area (Å²) in [7, 11) is 0. The summed E-state index contributed by atoms with van der Waals surface area (Å²) in [6.07, 6.45) is -3.68. The van der Waals surface area contributed by atoms with Crippen molar-refractivity contribution in [2.45, 2.75) is 31.5 Å². The molecule has 1 aromatic heterocycles. The van der Waals surface area contributed by atoms with Gasteiger partial charge in [0.15, 0.2) is 6.23 Å². The summed E-state index contributed by atoms with van der Waals surface area (Å²) >= 11 is 0. The summed E-state index contributed by atoms with van der Waals surface area (Å²) < 4.78 is 5.21. The Kier molecular flexibility index (Phi) is 5.03. The number of nitro groups is 1. The Morgan fingerprint density at radius 1 is 1.36 bits per heavy atom. The summed E-state index contributed by atoms with van der Waals surface area (Å²) in [6, 6.07) is 0. The van der Waals surface area contributed by atoms with Crippen LogP contribution in [0, 0.1) is 10.1 Å². The van der Waals surface area contributed by atoms with Crippen LogP contribution in [0.25, 0.3) is 0 Å². The number of rotatable bonds is 6. The van der Waals surface area contributed by atoms with Crippen LogP contribution in [-0.2, 0) is 4.74 Å². The van der Waals surface area contributed by atoms with Gasteiger partial charge in [-0.25, -0.2) is 9.97 Å². The molecule has 2 heterocycles. The highest BCUT2D eigenvalue weighted by Gasteiger charge is 2.43.